The molecule has 0 fully saturated rings. The number of hydrogen-bond donors (Lipinski definition) is 1. The molecule has 0 saturated carbocycles. The number of nitrogens with one attached hydrogen (secondary N) is 1. The van der Waals surface area contributed by atoms with Gasteiger partial charge in [0.1, 0.15) is 17.1 Å². The Hall–Kier alpha value is -5.04. The lowest BCUT2D eigenvalue weighted by molar-refractivity contribution is 0.00703. The Balaban J connectivity index is 1.34. The van der Waals surface area contributed by atoms with Crippen LogP contribution in [0.1, 0.15) is 63.9 Å². The highest BCUT2D eigenvalue weighted by atomic mass is 16.6. The number of amides is 1. The molecule has 0 aliphatic rings. The zero-order valence-corrected chi connectivity index (χ0v) is 27.0. The van der Waals surface area contributed by atoms with E-state index in [1.807, 2.05) is 81.4 Å². The maximum atomic E-state index is 13.1. The van der Waals surface area contributed by atoms with Gasteiger partial charge in [-0.15, -0.1) is 0 Å². The van der Waals surface area contributed by atoms with Crippen molar-refractivity contribution in [3.05, 3.63) is 118 Å². The van der Waals surface area contributed by atoms with E-state index in [4.69, 9.17) is 14.2 Å². The molecule has 0 saturated heterocycles. The van der Waals surface area contributed by atoms with Gasteiger partial charge in [0.15, 0.2) is 0 Å². The smallest absolute Gasteiger partial charge is 0.339 e. The number of ether oxygens (including phenoxy) is 3. The van der Waals surface area contributed by atoms with Crippen LogP contribution in [0.4, 0.5) is 0 Å². The average Bonchev–Trinajstić information content (AvgIpc) is 3.27. The molecule has 0 radical (unpaired) electrons. The molecule has 1 heterocycles. The highest BCUT2D eigenvalue weighted by Crippen LogP contribution is 2.30. The van der Waals surface area contributed by atoms with Crippen LogP contribution < -0.4 is 14.8 Å². The van der Waals surface area contributed by atoms with Crippen LogP contribution in [0.25, 0.3) is 22.0 Å². The molecular weight excluding hydrogens is 564 g/mol. The molecule has 0 unspecified atom stereocenters. The number of methoxy groups -OCH3 is 2. The molecule has 5 aromatic rings. The van der Waals surface area contributed by atoms with Crippen LogP contribution in [-0.2, 0) is 17.8 Å². The summed E-state index contributed by atoms with van der Waals surface area (Å²) >= 11 is 0. The SMILES string of the molecule is COc1ccc(CNC(=O)c2ccc3c(c2)c(C)c(C)n3Cc2ccc(-c3ccccc3C(=O)OC(C)(C)C)cc2)c(OC)c1. The lowest BCUT2D eigenvalue weighted by Crippen LogP contribution is -2.24. The molecule has 0 aliphatic heterocycles. The molecule has 7 nitrogen and oxygen atoms in total. The van der Waals surface area contributed by atoms with Crippen LogP contribution in [0.3, 0.4) is 0 Å². The predicted molar refractivity (Wildman–Crippen MR) is 178 cm³/mol. The van der Waals surface area contributed by atoms with Crippen LogP contribution in [0, 0.1) is 13.8 Å². The van der Waals surface area contributed by atoms with Gasteiger partial charge in [-0.1, -0.05) is 42.5 Å². The van der Waals surface area contributed by atoms with E-state index in [0.29, 0.717) is 35.7 Å². The van der Waals surface area contributed by atoms with Gasteiger partial charge in [-0.05, 0) is 93.3 Å². The molecule has 0 aliphatic carbocycles. The minimum atomic E-state index is -0.570. The van der Waals surface area contributed by atoms with E-state index in [2.05, 4.69) is 35.9 Å². The number of aryl methyl sites for hydroxylation is 1. The fourth-order valence-corrected chi connectivity index (χ4v) is 5.49. The number of hydrogen-bond acceptors (Lipinski definition) is 5. The number of rotatable bonds is 9. The number of fused-ring (bicyclic) bond motifs is 1. The fourth-order valence-electron chi connectivity index (χ4n) is 5.49. The van der Waals surface area contributed by atoms with Crippen LogP contribution in [0.2, 0.25) is 0 Å². The molecule has 5 rings (SSSR count). The van der Waals surface area contributed by atoms with Gasteiger partial charge in [-0.25, -0.2) is 4.79 Å². The Morgan fingerprint density at radius 2 is 1.58 bits per heavy atom. The summed E-state index contributed by atoms with van der Waals surface area (Å²) in [5.41, 5.74) is 7.71. The number of aromatic nitrogens is 1. The summed E-state index contributed by atoms with van der Waals surface area (Å²) in [6.07, 6.45) is 0. The molecule has 1 amide bonds. The van der Waals surface area contributed by atoms with Crippen molar-refractivity contribution >= 4 is 22.8 Å². The molecule has 45 heavy (non-hydrogen) atoms. The number of nitrogens with zero attached hydrogens (tertiary/aromatic N) is 1. The zero-order valence-electron chi connectivity index (χ0n) is 27.0. The molecule has 1 aromatic heterocycles. The van der Waals surface area contributed by atoms with Crippen LogP contribution in [-0.4, -0.2) is 36.3 Å². The van der Waals surface area contributed by atoms with Crippen molar-refractivity contribution in [2.75, 3.05) is 14.2 Å². The molecule has 7 heteroatoms. The third kappa shape index (κ3) is 6.88. The maximum absolute atomic E-state index is 13.1. The van der Waals surface area contributed by atoms with Crippen molar-refractivity contribution in [2.45, 2.75) is 53.3 Å². The second-order valence-corrected chi connectivity index (χ2v) is 12.1. The summed E-state index contributed by atoms with van der Waals surface area (Å²) in [6, 6.07) is 27.2. The van der Waals surface area contributed by atoms with Crippen molar-refractivity contribution < 1.29 is 23.8 Å². The summed E-state index contributed by atoms with van der Waals surface area (Å²) in [6.45, 7) is 10.8. The standard InChI is InChI=1S/C38H40N2O5/c1-24-25(2)40(23-26-12-14-27(15-13-26)31-10-8-9-11-32(31)37(42)45-38(3,4)5)34-19-17-28(20-33(24)34)36(41)39-22-29-16-18-30(43-6)21-35(29)44-7/h8-21H,22-23H2,1-7H3,(H,39,41). The Morgan fingerprint density at radius 1 is 0.844 bits per heavy atom. The minimum Gasteiger partial charge on any atom is -0.497 e. The normalized spacial score (nSPS) is 11.4. The van der Waals surface area contributed by atoms with Gasteiger partial charge in [0.05, 0.1) is 19.8 Å². The second kappa shape index (κ2) is 12.9. The monoisotopic (exact) mass is 604 g/mol. The van der Waals surface area contributed by atoms with Gasteiger partial charge < -0.3 is 24.1 Å². The second-order valence-electron chi connectivity index (χ2n) is 12.1. The topological polar surface area (TPSA) is 78.8 Å². The summed E-state index contributed by atoms with van der Waals surface area (Å²) < 4.78 is 18.7. The molecular formula is C38H40N2O5. The van der Waals surface area contributed by atoms with E-state index < -0.39 is 5.60 Å². The van der Waals surface area contributed by atoms with Gasteiger partial charge >= 0.3 is 5.97 Å². The fraction of sp³-hybridized carbons (Fsp3) is 0.263. The summed E-state index contributed by atoms with van der Waals surface area (Å²) in [5.74, 6) is 0.874. The van der Waals surface area contributed by atoms with E-state index in [0.717, 1.165) is 44.4 Å². The summed E-state index contributed by atoms with van der Waals surface area (Å²) in [7, 11) is 3.21. The molecule has 0 bridgehead atoms. The summed E-state index contributed by atoms with van der Waals surface area (Å²) in [4.78, 5) is 26.0. The van der Waals surface area contributed by atoms with Crippen molar-refractivity contribution in [3.63, 3.8) is 0 Å². The largest absolute Gasteiger partial charge is 0.497 e. The molecule has 0 spiro atoms. The van der Waals surface area contributed by atoms with Crippen molar-refractivity contribution in [2.24, 2.45) is 0 Å². The number of esters is 1. The predicted octanol–water partition coefficient (Wildman–Crippen LogP) is 7.88. The first-order valence-corrected chi connectivity index (χ1v) is 15.0. The third-order valence-corrected chi connectivity index (χ3v) is 7.99. The van der Waals surface area contributed by atoms with E-state index in [1.54, 1.807) is 26.4 Å². The van der Waals surface area contributed by atoms with Crippen molar-refractivity contribution in [1.82, 2.24) is 9.88 Å². The Morgan fingerprint density at radius 3 is 2.27 bits per heavy atom. The number of carbonyl (C=O) groups is 2. The molecule has 1 N–H and O–H groups in total. The first-order valence-electron chi connectivity index (χ1n) is 15.0. The Kier molecular flexibility index (Phi) is 9.00. The van der Waals surface area contributed by atoms with Gasteiger partial charge in [0, 0.05) is 46.9 Å². The number of benzene rings is 4. The van der Waals surface area contributed by atoms with Gasteiger partial charge in [0.25, 0.3) is 5.91 Å². The van der Waals surface area contributed by atoms with E-state index >= 15 is 0 Å². The highest BCUT2D eigenvalue weighted by molar-refractivity contribution is 5.99. The van der Waals surface area contributed by atoms with Gasteiger partial charge in [-0.2, -0.15) is 0 Å². The lowest BCUT2D eigenvalue weighted by Gasteiger charge is -2.20. The first-order chi connectivity index (χ1) is 21.5. The van der Waals surface area contributed by atoms with E-state index in [-0.39, 0.29) is 11.9 Å². The highest BCUT2D eigenvalue weighted by Gasteiger charge is 2.21. The van der Waals surface area contributed by atoms with Crippen LogP contribution >= 0.6 is 0 Å². The van der Waals surface area contributed by atoms with Crippen molar-refractivity contribution in [1.29, 1.82) is 0 Å². The van der Waals surface area contributed by atoms with Gasteiger partial charge in [0.2, 0.25) is 0 Å². The van der Waals surface area contributed by atoms with E-state index in [9.17, 15) is 9.59 Å². The quantitative estimate of drug-likeness (QED) is 0.173. The van der Waals surface area contributed by atoms with E-state index in [1.165, 1.54) is 0 Å². The van der Waals surface area contributed by atoms with Gasteiger partial charge in [-0.3, -0.25) is 4.79 Å². The average molecular weight is 605 g/mol. The minimum absolute atomic E-state index is 0.151. The molecule has 232 valence electrons. The molecule has 0 atom stereocenters. The Labute approximate surface area is 264 Å². The van der Waals surface area contributed by atoms with Crippen LogP contribution in [0.5, 0.6) is 11.5 Å². The maximum Gasteiger partial charge on any atom is 0.339 e. The van der Waals surface area contributed by atoms with Crippen molar-refractivity contribution in [3.8, 4) is 22.6 Å². The van der Waals surface area contributed by atoms with Crippen LogP contribution in [0.15, 0.2) is 84.9 Å². The zero-order chi connectivity index (χ0) is 32.3. The first kappa shape index (κ1) is 31.4. The molecule has 4 aromatic carbocycles. The summed E-state index contributed by atoms with van der Waals surface area (Å²) in [5, 5.41) is 4.06. The lowest BCUT2D eigenvalue weighted by atomic mass is 9.98. The third-order valence-electron chi connectivity index (χ3n) is 7.99. The Bertz CT molecular complexity index is 1860. The number of carbonyl (C=O) groups excluding carboxylic acids is 2.